The maximum Gasteiger partial charge on any atom is 0.306 e. The summed E-state index contributed by atoms with van der Waals surface area (Å²) < 4.78 is 5.30. The average molecular weight is 253 g/mol. The molecule has 0 fully saturated rings. The second kappa shape index (κ2) is 7.33. The van der Waals surface area contributed by atoms with Crippen molar-refractivity contribution in [3.05, 3.63) is 0 Å². The normalized spacial score (nSPS) is 15.3. The summed E-state index contributed by atoms with van der Waals surface area (Å²) in [6, 6.07) is 0. The molecule has 0 amide bonds. The van der Waals surface area contributed by atoms with Gasteiger partial charge in [0.2, 0.25) is 0 Å². The molecule has 0 aliphatic rings. The maximum atomic E-state index is 10.4. The summed E-state index contributed by atoms with van der Waals surface area (Å²) in [5, 5.41) is 8.57. The zero-order chi connectivity index (χ0) is 10.3. The fourth-order valence-electron chi connectivity index (χ4n) is 0.713. The number of rotatable bonds is 7. The topological polar surface area (TPSA) is 46.5 Å². The van der Waals surface area contributed by atoms with E-state index in [-0.39, 0.29) is 5.92 Å². The van der Waals surface area contributed by atoms with Gasteiger partial charge >= 0.3 is 5.97 Å². The largest absolute Gasteiger partial charge is 0.481 e. The van der Waals surface area contributed by atoms with Gasteiger partial charge in [0.05, 0.1) is 12.5 Å². The maximum absolute atomic E-state index is 10.4. The Kier molecular flexibility index (Phi) is 7.28. The molecule has 0 aromatic carbocycles. The highest BCUT2D eigenvalue weighted by Crippen LogP contribution is 2.06. The Hall–Kier alpha value is -0.0900. The number of carboxylic acid groups (broad SMARTS) is 1. The molecule has 2 atom stereocenters. The van der Waals surface area contributed by atoms with Crippen LogP contribution in [-0.4, -0.2) is 29.1 Å². The summed E-state index contributed by atoms with van der Waals surface area (Å²) in [6.07, 6.45) is 1.60. The van der Waals surface area contributed by atoms with Crippen molar-refractivity contribution in [1.29, 1.82) is 0 Å². The standard InChI is InChI=1S/C9H17BrO3/c1-3-8(10)6-13-5-4-7(2)9(11)12/h7-8H,3-6H2,1-2H3,(H,11,12). The van der Waals surface area contributed by atoms with E-state index >= 15 is 0 Å². The van der Waals surface area contributed by atoms with Gasteiger partial charge in [-0.15, -0.1) is 0 Å². The van der Waals surface area contributed by atoms with Gasteiger partial charge in [-0.3, -0.25) is 4.79 Å². The van der Waals surface area contributed by atoms with Crippen molar-refractivity contribution < 1.29 is 14.6 Å². The van der Waals surface area contributed by atoms with Crippen molar-refractivity contribution in [2.75, 3.05) is 13.2 Å². The van der Waals surface area contributed by atoms with E-state index in [0.29, 0.717) is 24.5 Å². The van der Waals surface area contributed by atoms with Crippen molar-refractivity contribution in [1.82, 2.24) is 0 Å². The Morgan fingerprint density at radius 2 is 2.23 bits per heavy atom. The van der Waals surface area contributed by atoms with Crippen LogP contribution < -0.4 is 0 Å². The third kappa shape index (κ3) is 7.02. The van der Waals surface area contributed by atoms with Gasteiger partial charge in [0, 0.05) is 11.4 Å². The number of alkyl halides is 1. The summed E-state index contributed by atoms with van der Waals surface area (Å²) >= 11 is 3.43. The van der Waals surface area contributed by atoms with E-state index in [1.807, 2.05) is 0 Å². The molecule has 4 heteroatoms. The predicted octanol–water partition coefficient (Wildman–Crippen LogP) is 2.29. The van der Waals surface area contributed by atoms with E-state index in [1.54, 1.807) is 6.92 Å². The predicted molar refractivity (Wildman–Crippen MR) is 55.2 cm³/mol. The average Bonchev–Trinajstić information content (AvgIpc) is 2.11. The molecule has 0 aliphatic carbocycles. The Balaban J connectivity index is 3.30. The van der Waals surface area contributed by atoms with Gasteiger partial charge in [-0.1, -0.05) is 29.8 Å². The molecule has 78 valence electrons. The molecule has 0 bridgehead atoms. The van der Waals surface area contributed by atoms with Gasteiger partial charge in [0.25, 0.3) is 0 Å². The van der Waals surface area contributed by atoms with Crippen molar-refractivity contribution in [3.8, 4) is 0 Å². The van der Waals surface area contributed by atoms with Crippen LogP contribution in [0.1, 0.15) is 26.7 Å². The first-order valence-corrected chi connectivity index (χ1v) is 5.44. The molecule has 0 saturated heterocycles. The highest BCUT2D eigenvalue weighted by atomic mass is 79.9. The Bertz CT molecular complexity index is 150. The minimum Gasteiger partial charge on any atom is -0.481 e. The van der Waals surface area contributed by atoms with Gasteiger partial charge in [0.15, 0.2) is 0 Å². The van der Waals surface area contributed by atoms with E-state index in [0.717, 1.165) is 6.42 Å². The molecule has 0 radical (unpaired) electrons. The SMILES string of the molecule is CCC(Br)COCCC(C)C(=O)O. The molecule has 0 aromatic heterocycles. The van der Waals surface area contributed by atoms with Crippen LogP contribution in [0.3, 0.4) is 0 Å². The third-order valence-electron chi connectivity index (χ3n) is 1.86. The van der Waals surface area contributed by atoms with Crippen molar-refractivity contribution >= 4 is 21.9 Å². The lowest BCUT2D eigenvalue weighted by Gasteiger charge is -2.09. The fraction of sp³-hybridized carbons (Fsp3) is 0.889. The molecule has 0 rings (SSSR count). The van der Waals surface area contributed by atoms with Gasteiger partial charge in [-0.2, -0.15) is 0 Å². The van der Waals surface area contributed by atoms with E-state index in [1.165, 1.54) is 0 Å². The Morgan fingerprint density at radius 1 is 1.62 bits per heavy atom. The first-order valence-electron chi connectivity index (χ1n) is 4.52. The van der Waals surface area contributed by atoms with E-state index in [2.05, 4.69) is 22.9 Å². The zero-order valence-electron chi connectivity index (χ0n) is 8.12. The molecule has 1 N–H and O–H groups in total. The van der Waals surface area contributed by atoms with Crippen LogP contribution in [-0.2, 0) is 9.53 Å². The molecule has 2 unspecified atom stereocenters. The van der Waals surface area contributed by atoms with Crippen LogP contribution in [0.4, 0.5) is 0 Å². The number of carbonyl (C=O) groups is 1. The summed E-state index contributed by atoms with van der Waals surface area (Å²) in [4.78, 5) is 10.8. The number of aliphatic carboxylic acids is 1. The summed E-state index contributed by atoms with van der Waals surface area (Å²) in [6.45, 7) is 4.94. The van der Waals surface area contributed by atoms with Crippen LogP contribution >= 0.6 is 15.9 Å². The van der Waals surface area contributed by atoms with E-state index in [9.17, 15) is 4.79 Å². The smallest absolute Gasteiger partial charge is 0.306 e. The number of halogens is 1. The lowest BCUT2D eigenvalue weighted by Crippen LogP contribution is -2.14. The van der Waals surface area contributed by atoms with Crippen molar-refractivity contribution in [2.45, 2.75) is 31.5 Å². The summed E-state index contributed by atoms with van der Waals surface area (Å²) in [5.74, 6) is -1.06. The molecule has 0 spiro atoms. The molecule has 0 aliphatic heterocycles. The van der Waals surface area contributed by atoms with E-state index in [4.69, 9.17) is 9.84 Å². The van der Waals surface area contributed by atoms with Crippen LogP contribution in [0.5, 0.6) is 0 Å². The Labute approximate surface area is 87.6 Å². The number of carboxylic acids is 1. The quantitative estimate of drug-likeness (QED) is 0.559. The molecule has 3 nitrogen and oxygen atoms in total. The highest BCUT2D eigenvalue weighted by molar-refractivity contribution is 9.09. The first kappa shape index (κ1) is 12.9. The van der Waals surface area contributed by atoms with Crippen LogP contribution in [0.2, 0.25) is 0 Å². The summed E-state index contributed by atoms with van der Waals surface area (Å²) in [5.41, 5.74) is 0. The molecular weight excluding hydrogens is 236 g/mol. The fourth-order valence-corrected chi connectivity index (χ4v) is 0.900. The first-order chi connectivity index (χ1) is 6.07. The number of hydrogen-bond donors (Lipinski definition) is 1. The Morgan fingerprint density at radius 3 is 2.69 bits per heavy atom. The second-order valence-electron chi connectivity index (χ2n) is 3.11. The molecule has 0 heterocycles. The number of hydrogen-bond acceptors (Lipinski definition) is 2. The van der Waals surface area contributed by atoms with Gasteiger partial charge in [-0.25, -0.2) is 0 Å². The highest BCUT2D eigenvalue weighted by Gasteiger charge is 2.10. The second-order valence-corrected chi connectivity index (χ2v) is 4.40. The van der Waals surface area contributed by atoms with Gasteiger partial charge < -0.3 is 9.84 Å². The van der Waals surface area contributed by atoms with Crippen molar-refractivity contribution in [2.24, 2.45) is 5.92 Å². The van der Waals surface area contributed by atoms with Gasteiger partial charge in [-0.05, 0) is 12.8 Å². The minimum atomic E-state index is -0.755. The lowest BCUT2D eigenvalue weighted by molar-refractivity contribution is -0.141. The monoisotopic (exact) mass is 252 g/mol. The number of ether oxygens (including phenoxy) is 1. The molecule has 13 heavy (non-hydrogen) atoms. The summed E-state index contributed by atoms with van der Waals surface area (Å²) in [7, 11) is 0. The van der Waals surface area contributed by atoms with E-state index < -0.39 is 5.97 Å². The lowest BCUT2D eigenvalue weighted by atomic mass is 10.1. The molecular formula is C9H17BrO3. The zero-order valence-corrected chi connectivity index (χ0v) is 9.71. The van der Waals surface area contributed by atoms with Crippen molar-refractivity contribution in [3.63, 3.8) is 0 Å². The third-order valence-corrected chi connectivity index (χ3v) is 2.77. The molecule has 0 saturated carbocycles. The van der Waals surface area contributed by atoms with Gasteiger partial charge in [0.1, 0.15) is 0 Å². The van der Waals surface area contributed by atoms with Crippen LogP contribution in [0.25, 0.3) is 0 Å². The van der Waals surface area contributed by atoms with Crippen LogP contribution in [0.15, 0.2) is 0 Å². The molecule has 0 aromatic rings. The minimum absolute atomic E-state index is 0.310. The van der Waals surface area contributed by atoms with Crippen LogP contribution in [0, 0.1) is 5.92 Å².